The molecule has 0 aliphatic rings. The third-order valence-electron chi connectivity index (χ3n) is 0.315. The van der Waals surface area contributed by atoms with Gasteiger partial charge in [0.05, 0.1) is 11.8 Å². The van der Waals surface area contributed by atoms with Crippen LogP contribution < -0.4 is 0 Å². The van der Waals surface area contributed by atoms with Gasteiger partial charge in [0.15, 0.2) is 0 Å². The van der Waals surface area contributed by atoms with Crippen molar-refractivity contribution in [2.24, 2.45) is 0 Å². The standard InChI is InChI=1S/C4H7NO2.CH3.2Y/c1-3(6)5-4(2)7;;;/h1-2H3,(H,5,6,7);1H3;;/q;-1;;/p-1. The number of amides is 2. The Labute approximate surface area is 112 Å². The maximum absolute atomic E-state index is 9.87. The second-order valence-corrected chi connectivity index (χ2v) is 1.15. The summed E-state index contributed by atoms with van der Waals surface area (Å²) in [5.74, 6) is -0.875. The summed E-state index contributed by atoms with van der Waals surface area (Å²) in [6, 6.07) is 0. The first-order valence-corrected chi connectivity index (χ1v) is 1.86. The molecule has 0 aliphatic heterocycles. The summed E-state index contributed by atoms with van der Waals surface area (Å²) in [6.45, 7) is 2.47. The van der Waals surface area contributed by atoms with Crippen LogP contribution >= 0.6 is 0 Å². The molecule has 2 amide bonds. The molecule has 0 aromatic rings. The number of hydrogen-bond acceptors (Lipinski definition) is 2. The summed E-state index contributed by atoms with van der Waals surface area (Å²) >= 11 is 0. The van der Waals surface area contributed by atoms with E-state index in [2.05, 4.69) is 5.32 Å². The molecule has 0 heterocycles. The molecular weight excluding hydrogens is 284 g/mol. The summed E-state index contributed by atoms with van der Waals surface area (Å²) in [7, 11) is 0. The van der Waals surface area contributed by atoms with E-state index in [-0.39, 0.29) is 72.8 Å². The Morgan fingerprint density at radius 3 is 1.20 bits per heavy atom. The van der Waals surface area contributed by atoms with Gasteiger partial charge in [0, 0.05) is 65.4 Å². The third-order valence-corrected chi connectivity index (χ3v) is 0.315. The molecule has 0 bridgehead atoms. The quantitative estimate of drug-likeness (QED) is 0.623. The van der Waals surface area contributed by atoms with Gasteiger partial charge < -0.3 is 22.3 Å². The van der Waals surface area contributed by atoms with Crippen LogP contribution in [0.1, 0.15) is 13.8 Å². The molecule has 0 rings (SSSR count). The third kappa shape index (κ3) is 22.8. The molecule has 0 saturated heterocycles. The largest absolute Gasteiger partial charge is 0.596 e. The number of hydrogen-bond donors (Lipinski definition) is 0. The Bertz CT molecular complexity index is 93.8. The van der Waals surface area contributed by atoms with E-state index in [0.717, 1.165) is 0 Å². The maximum Gasteiger partial charge on any atom is 0.0533 e. The Morgan fingerprint density at radius 2 is 1.20 bits per heavy atom. The molecule has 10 heavy (non-hydrogen) atoms. The summed E-state index contributed by atoms with van der Waals surface area (Å²) in [5, 5.41) is 3.00. The van der Waals surface area contributed by atoms with E-state index in [1.54, 1.807) is 0 Å². The van der Waals surface area contributed by atoms with E-state index in [4.69, 9.17) is 0 Å². The molecule has 0 spiro atoms. The average Bonchev–Trinajstić information content (AvgIpc) is 1.27. The molecule has 0 atom stereocenters. The van der Waals surface area contributed by atoms with E-state index in [1.165, 1.54) is 13.8 Å². The predicted octanol–water partition coefficient (Wildman–Crippen LogP) is 0.898. The van der Waals surface area contributed by atoms with E-state index in [1.807, 2.05) is 0 Å². The summed E-state index contributed by atoms with van der Waals surface area (Å²) < 4.78 is 0. The minimum Gasteiger partial charge on any atom is -0.596 e. The van der Waals surface area contributed by atoms with E-state index >= 15 is 0 Å². The van der Waals surface area contributed by atoms with Crippen LogP contribution in [0, 0.1) is 7.43 Å². The summed E-state index contributed by atoms with van der Waals surface area (Å²) in [6.07, 6.45) is 0. The van der Waals surface area contributed by atoms with Gasteiger partial charge in [-0.15, -0.1) is 0 Å². The number of rotatable bonds is 0. The number of carbonyl (C=O) groups is 2. The zero-order chi connectivity index (χ0) is 5.86. The normalized spacial score (nSPS) is 5.40. The van der Waals surface area contributed by atoms with Gasteiger partial charge >= 0.3 is 0 Å². The van der Waals surface area contributed by atoms with Crippen molar-refractivity contribution in [1.82, 2.24) is 0 Å². The van der Waals surface area contributed by atoms with Crippen molar-refractivity contribution in [1.29, 1.82) is 0 Å². The van der Waals surface area contributed by atoms with Crippen molar-refractivity contribution in [3.63, 3.8) is 0 Å². The molecule has 2 radical (unpaired) electrons. The van der Waals surface area contributed by atoms with Gasteiger partial charge in [0.1, 0.15) is 0 Å². The number of imide groups is 1. The molecule has 0 N–H and O–H groups in total. The van der Waals surface area contributed by atoms with Crippen molar-refractivity contribution in [3.05, 3.63) is 12.7 Å². The predicted molar refractivity (Wildman–Crippen MR) is 31.1 cm³/mol. The minimum atomic E-state index is -0.437. The second kappa shape index (κ2) is 13.0. The monoisotopic (exact) mass is 293 g/mol. The van der Waals surface area contributed by atoms with E-state index < -0.39 is 11.8 Å². The fourth-order valence-corrected chi connectivity index (χ4v) is 0.222. The summed E-state index contributed by atoms with van der Waals surface area (Å²) in [5.41, 5.74) is 0. The SMILES string of the molecule is CC(=O)[N-]C(C)=O.[CH3-].[Y].[Y]. The molecule has 0 aromatic carbocycles. The van der Waals surface area contributed by atoms with Crippen molar-refractivity contribution in [2.75, 3.05) is 0 Å². The van der Waals surface area contributed by atoms with Crippen molar-refractivity contribution in [3.8, 4) is 0 Å². The second-order valence-electron chi connectivity index (χ2n) is 1.15. The minimum absolute atomic E-state index is 0. The van der Waals surface area contributed by atoms with Gasteiger partial charge in [-0.05, 0) is 13.8 Å². The average molecular weight is 293 g/mol. The van der Waals surface area contributed by atoms with Crippen LogP contribution in [0.25, 0.3) is 5.32 Å². The molecule has 0 aromatic heterocycles. The molecular formula is C5H9NO2Y2-2. The van der Waals surface area contributed by atoms with Crippen molar-refractivity contribution in [2.45, 2.75) is 13.8 Å². The fraction of sp³-hybridized carbons (Fsp3) is 0.400. The van der Waals surface area contributed by atoms with E-state index in [9.17, 15) is 9.59 Å². The van der Waals surface area contributed by atoms with Crippen LogP contribution in [0.15, 0.2) is 0 Å². The molecule has 5 heteroatoms. The van der Waals surface area contributed by atoms with Gasteiger partial charge in [0.25, 0.3) is 0 Å². The first-order valence-electron chi connectivity index (χ1n) is 1.86. The van der Waals surface area contributed by atoms with Crippen molar-refractivity contribution < 1.29 is 75.0 Å². The van der Waals surface area contributed by atoms with Crippen LogP contribution in [0.2, 0.25) is 0 Å². The van der Waals surface area contributed by atoms with Gasteiger partial charge in [-0.2, -0.15) is 0 Å². The van der Waals surface area contributed by atoms with Crippen molar-refractivity contribution >= 4 is 11.8 Å². The molecule has 0 aliphatic carbocycles. The Hall–Kier alpha value is 1.35. The van der Waals surface area contributed by atoms with Gasteiger partial charge in [0.2, 0.25) is 0 Å². The zero-order valence-electron chi connectivity index (χ0n) is 6.42. The van der Waals surface area contributed by atoms with Crippen LogP contribution in [0.3, 0.4) is 0 Å². The maximum atomic E-state index is 9.87. The smallest absolute Gasteiger partial charge is 0.0533 e. The molecule has 0 fully saturated rings. The van der Waals surface area contributed by atoms with Crippen LogP contribution in [0.5, 0.6) is 0 Å². The molecule has 3 nitrogen and oxygen atoms in total. The first kappa shape index (κ1) is 22.5. The molecule has 54 valence electrons. The van der Waals surface area contributed by atoms with Crippen LogP contribution in [0.4, 0.5) is 0 Å². The number of nitrogens with zero attached hydrogens (tertiary/aromatic N) is 1. The Morgan fingerprint density at radius 1 is 1.00 bits per heavy atom. The first-order chi connectivity index (χ1) is 3.13. The Kier molecular flexibility index (Phi) is 29.2. The van der Waals surface area contributed by atoms with Gasteiger partial charge in [-0.25, -0.2) is 0 Å². The van der Waals surface area contributed by atoms with Crippen LogP contribution in [-0.2, 0) is 75.0 Å². The molecule has 0 saturated carbocycles. The Balaban J connectivity index is -0.0000000600. The van der Waals surface area contributed by atoms with Crippen LogP contribution in [-0.4, -0.2) is 11.8 Å². The zero-order valence-corrected chi connectivity index (χ0v) is 12.1. The van der Waals surface area contributed by atoms with Gasteiger partial charge in [-0.1, -0.05) is 0 Å². The van der Waals surface area contributed by atoms with Gasteiger partial charge in [-0.3, -0.25) is 0 Å². The molecule has 0 unspecified atom stereocenters. The fourth-order valence-electron chi connectivity index (χ4n) is 0.222. The number of carbonyl (C=O) groups excluding carboxylic acids is 2. The van der Waals surface area contributed by atoms with E-state index in [0.29, 0.717) is 0 Å². The summed E-state index contributed by atoms with van der Waals surface area (Å²) in [4.78, 5) is 19.7. The topological polar surface area (TPSA) is 48.2 Å².